The fourth-order valence-electron chi connectivity index (χ4n) is 0.960. The summed E-state index contributed by atoms with van der Waals surface area (Å²) in [6.07, 6.45) is 0.559. The Balaban J connectivity index is 3.12. The first-order valence-corrected chi connectivity index (χ1v) is 4.01. The average Bonchev–Trinajstić information content (AvgIpc) is 2.06. The highest BCUT2D eigenvalue weighted by molar-refractivity contribution is 5.15. The zero-order valence-corrected chi connectivity index (χ0v) is 7.69. The highest BCUT2D eigenvalue weighted by Crippen LogP contribution is 1.99. The van der Waals surface area contributed by atoms with Crippen LogP contribution in [0.25, 0.3) is 0 Å². The smallest absolute Gasteiger partial charge is 0.295 e. The summed E-state index contributed by atoms with van der Waals surface area (Å²) in [5.74, 6) is 5.60. The summed E-state index contributed by atoms with van der Waals surface area (Å²) in [5.41, 5.74) is 5.26. The summed E-state index contributed by atoms with van der Waals surface area (Å²) in [4.78, 5) is 11.4. The van der Waals surface area contributed by atoms with E-state index in [1.807, 2.05) is 13.8 Å². The molecule has 0 atom stereocenters. The molecular weight excluding hydrogens is 170 g/mol. The maximum Gasteiger partial charge on any atom is 0.295 e. The summed E-state index contributed by atoms with van der Waals surface area (Å²) in [6, 6.07) is 0. The van der Waals surface area contributed by atoms with Crippen LogP contribution in [0.1, 0.15) is 19.5 Å². The van der Waals surface area contributed by atoms with E-state index in [0.29, 0.717) is 18.0 Å². The predicted octanol–water partition coefficient (Wildman–Crippen LogP) is -0.867. The van der Waals surface area contributed by atoms with Crippen LogP contribution in [0.2, 0.25) is 0 Å². The van der Waals surface area contributed by atoms with Crippen molar-refractivity contribution in [3.63, 3.8) is 0 Å². The second-order valence-corrected chi connectivity index (χ2v) is 3.28. The fourth-order valence-corrected chi connectivity index (χ4v) is 0.960. The first kappa shape index (κ1) is 9.50. The lowest BCUT2D eigenvalue weighted by atomic mass is 10.1. The maximum absolute atomic E-state index is 11.4. The first-order chi connectivity index (χ1) is 6.02. The molecule has 0 saturated heterocycles. The normalized spacial score (nSPS) is 10.7. The number of hydrogen-bond acceptors (Lipinski definition) is 5. The number of rotatable bonds is 2. The van der Waals surface area contributed by atoms with Gasteiger partial charge in [0, 0.05) is 0 Å². The minimum atomic E-state index is -0.374. The van der Waals surface area contributed by atoms with Crippen LogP contribution in [0.5, 0.6) is 0 Å². The molecule has 0 aromatic carbocycles. The lowest BCUT2D eigenvalue weighted by Gasteiger charge is -2.05. The second kappa shape index (κ2) is 3.42. The highest BCUT2D eigenvalue weighted by atomic mass is 16.1. The SMILES string of the molecule is CC(C)Cc1nnc(N)n(N)c1=O. The topological polar surface area (TPSA) is 99.8 Å². The van der Waals surface area contributed by atoms with E-state index in [1.165, 1.54) is 0 Å². The molecule has 0 aliphatic rings. The summed E-state index contributed by atoms with van der Waals surface area (Å²) in [6.45, 7) is 3.97. The van der Waals surface area contributed by atoms with Crippen LogP contribution in [0.15, 0.2) is 4.79 Å². The highest BCUT2D eigenvalue weighted by Gasteiger charge is 2.08. The summed E-state index contributed by atoms with van der Waals surface area (Å²) >= 11 is 0. The largest absolute Gasteiger partial charge is 0.366 e. The van der Waals surface area contributed by atoms with Gasteiger partial charge in [0.05, 0.1) is 0 Å². The third-order valence-electron chi connectivity index (χ3n) is 1.59. The fraction of sp³-hybridized carbons (Fsp3) is 0.571. The number of nitrogen functional groups attached to an aromatic ring is 2. The third kappa shape index (κ3) is 1.95. The van der Waals surface area contributed by atoms with Gasteiger partial charge in [-0.3, -0.25) is 4.79 Å². The third-order valence-corrected chi connectivity index (χ3v) is 1.59. The molecule has 1 heterocycles. The van der Waals surface area contributed by atoms with Crippen LogP contribution in [-0.4, -0.2) is 14.9 Å². The Bertz CT molecular complexity index is 356. The number of nitrogens with two attached hydrogens (primary N) is 2. The van der Waals surface area contributed by atoms with Gasteiger partial charge < -0.3 is 11.6 Å². The van der Waals surface area contributed by atoms with Crippen molar-refractivity contribution in [2.75, 3.05) is 11.6 Å². The molecule has 1 aromatic rings. The standard InChI is InChI=1S/C7H13N5O/c1-4(2)3-5-6(13)12(9)7(8)11-10-5/h4H,3,9H2,1-2H3,(H2,8,11). The molecule has 0 aliphatic carbocycles. The average molecular weight is 183 g/mol. The first-order valence-electron chi connectivity index (χ1n) is 4.01. The molecule has 0 spiro atoms. The maximum atomic E-state index is 11.4. The van der Waals surface area contributed by atoms with E-state index in [9.17, 15) is 4.79 Å². The molecule has 0 aliphatic heterocycles. The molecule has 0 saturated carbocycles. The Labute approximate surface area is 75.5 Å². The van der Waals surface area contributed by atoms with E-state index in [1.54, 1.807) is 0 Å². The van der Waals surface area contributed by atoms with Gasteiger partial charge in [-0.05, 0) is 12.3 Å². The van der Waals surface area contributed by atoms with Crippen molar-refractivity contribution in [3.05, 3.63) is 16.0 Å². The van der Waals surface area contributed by atoms with Crippen LogP contribution in [0.4, 0.5) is 5.95 Å². The van der Waals surface area contributed by atoms with Gasteiger partial charge in [0.2, 0.25) is 5.95 Å². The lowest BCUT2D eigenvalue weighted by molar-refractivity contribution is 0.612. The van der Waals surface area contributed by atoms with E-state index in [-0.39, 0.29) is 11.5 Å². The summed E-state index contributed by atoms with van der Waals surface area (Å²) in [7, 11) is 0. The van der Waals surface area contributed by atoms with E-state index >= 15 is 0 Å². The van der Waals surface area contributed by atoms with Crippen molar-refractivity contribution in [2.45, 2.75) is 20.3 Å². The van der Waals surface area contributed by atoms with Gasteiger partial charge >= 0.3 is 0 Å². The zero-order chi connectivity index (χ0) is 10.0. The Morgan fingerprint density at radius 2 is 2.08 bits per heavy atom. The second-order valence-electron chi connectivity index (χ2n) is 3.28. The minimum absolute atomic E-state index is 0.0718. The van der Waals surface area contributed by atoms with Gasteiger partial charge in [-0.15, -0.1) is 10.2 Å². The number of aromatic nitrogens is 3. The van der Waals surface area contributed by atoms with Gasteiger partial charge in [-0.1, -0.05) is 13.8 Å². The van der Waals surface area contributed by atoms with Crippen LogP contribution < -0.4 is 17.1 Å². The lowest BCUT2D eigenvalue weighted by Crippen LogP contribution is -2.34. The summed E-state index contributed by atoms with van der Waals surface area (Å²) in [5, 5.41) is 7.25. The molecule has 13 heavy (non-hydrogen) atoms. The van der Waals surface area contributed by atoms with E-state index in [2.05, 4.69) is 10.2 Å². The number of hydrogen-bond donors (Lipinski definition) is 2. The zero-order valence-electron chi connectivity index (χ0n) is 7.69. The van der Waals surface area contributed by atoms with Gasteiger partial charge in [0.1, 0.15) is 5.69 Å². The van der Waals surface area contributed by atoms with E-state index < -0.39 is 0 Å². The van der Waals surface area contributed by atoms with Crippen molar-refractivity contribution in [1.29, 1.82) is 0 Å². The Morgan fingerprint density at radius 3 is 2.62 bits per heavy atom. The molecule has 0 fully saturated rings. The molecule has 6 nitrogen and oxygen atoms in total. The van der Waals surface area contributed by atoms with E-state index in [0.717, 1.165) is 4.68 Å². The molecule has 0 bridgehead atoms. The van der Waals surface area contributed by atoms with Gasteiger partial charge in [-0.2, -0.15) is 4.68 Å². The van der Waals surface area contributed by atoms with Gasteiger partial charge in [0.15, 0.2) is 0 Å². The molecule has 1 aromatic heterocycles. The van der Waals surface area contributed by atoms with Crippen LogP contribution in [0, 0.1) is 5.92 Å². The molecule has 1 rings (SSSR count). The molecular formula is C7H13N5O. The molecule has 0 amide bonds. The summed E-state index contributed by atoms with van der Waals surface area (Å²) < 4.78 is 0.810. The minimum Gasteiger partial charge on any atom is -0.366 e. The molecule has 0 unspecified atom stereocenters. The Morgan fingerprint density at radius 1 is 1.46 bits per heavy atom. The van der Waals surface area contributed by atoms with Crippen LogP contribution in [0.3, 0.4) is 0 Å². The van der Waals surface area contributed by atoms with Gasteiger partial charge in [0.25, 0.3) is 5.56 Å². The number of anilines is 1. The molecule has 72 valence electrons. The van der Waals surface area contributed by atoms with E-state index in [4.69, 9.17) is 11.6 Å². The van der Waals surface area contributed by atoms with Crippen LogP contribution >= 0.6 is 0 Å². The molecule has 0 radical (unpaired) electrons. The Hall–Kier alpha value is -1.59. The Kier molecular flexibility index (Phi) is 2.50. The van der Waals surface area contributed by atoms with Crippen molar-refractivity contribution in [2.24, 2.45) is 5.92 Å². The van der Waals surface area contributed by atoms with Crippen LogP contribution in [-0.2, 0) is 6.42 Å². The van der Waals surface area contributed by atoms with Crippen molar-refractivity contribution in [3.8, 4) is 0 Å². The van der Waals surface area contributed by atoms with Crippen molar-refractivity contribution < 1.29 is 0 Å². The van der Waals surface area contributed by atoms with Crippen molar-refractivity contribution >= 4 is 5.95 Å². The van der Waals surface area contributed by atoms with Gasteiger partial charge in [-0.25, -0.2) is 0 Å². The molecule has 4 N–H and O–H groups in total. The monoisotopic (exact) mass is 183 g/mol. The predicted molar refractivity (Wildman–Crippen MR) is 49.4 cm³/mol. The quantitative estimate of drug-likeness (QED) is 0.581. The number of nitrogens with zero attached hydrogens (tertiary/aromatic N) is 3. The molecule has 6 heteroatoms. The van der Waals surface area contributed by atoms with Crippen molar-refractivity contribution in [1.82, 2.24) is 14.9 Å².